The summed E-state index contributed by atoms with van der Waals surface area (Å²) in [5.41, 5.74) is 3.19. The molecule has 32 heavy (non-hydrogen) atoms. The molecule has 3 aliphatic rings. The van der Waals surface area contributed by atoms with Gasteiger partial charge in [-0.15, -0.1) is 0 Å². The molecule has 0 spiro atoms. The summed E-state index contributed by atoms with van der Waals surface area (Å²) in [6, 6.07) is 5.97. The van der Waals surface area contributed by atoms with Crippen molar-refractivity contribution >= 4 is 38.9 Å². The van der Waals surface area contributed by atoms with Gasteiger partial charge in [-0.3, -0.25) is 4.79 Å². The van der Waals surface area contributed by atoms with Gasteiger partial charge in [-0.1, -0.05) is 25.8 Å². The molecule has 1 fully saturated rings. The zero-order valence-corrected chi connectivity index (χ0v) is 19.4. The van der Waals surface area contributed by atoms with Gasteiger partial charge in [-0.2, -0.15) is 4.98 Å². The summed E-state index contributed by atoms with van der Waals surface area (Å²) in [4.78, 5) is 26.4. The van der Waals surface area contributed by atoms with Gasteiger partial charge >= 0.3 is 0 Å². The largest absolute Gasteiger partial charge is 0.351 e. The summed E-state index contributed by atoms with van der Waals surface area (Å²) in [5.74, 6) is 1.47. The van der Waals surface area contributed by atoms with Gasteiger partial charge in [0.05, 0.1) is 23.6 Å². The number of nitrogens with one attached hydrogen (secondary N) is 1. The molecule has 1 saturated carbocycles. The first-order valence-corrected chi connectivity index (χ1v) is 13.2. The van der Waals surface area contributed by atoms with E-state index in [0.29, 0.717) is 18.5 Å². The number of rotatable bonds is 4. The van der Waals surface area contributed by atoms with Crippen LogP contribution < -0.4 is 15.1 Å². The molecular weight excluding hydrogens is 426 g/mol. The Hall–Kier alpha value is -2.68. The van der Waals surface area contributed by atoms with Gasteiger partial charge in [-0.25, -0.2) is 13.4 Å². The fourth-order valence-electron chi connectivity index (χ4n) is 5.14. The van der Waals surface area contributed by atoms with Crippen LogP contribution >= 0.6 is 0 Å². The van der Waals surface area contributed by atoms with Crippen LogP contribution in [0.2, 0.25) is 0 Å². The lowest BCUT2D eigenvalue weighted by atomic mass is 10.0. The summed E-state index contributed by atoms with van der Waals surface area (Å²) >= 11 is 0. The molecule has 0 radical (unpaired) electrons. The fraction of sp³-hybridized carbons (Fsp3) is 0.522. The van der Waals surface area contributed by atoms with Gasteiger partial charge < -0.3 is 15.1 Å². The van der Waals surface area contributed by atoms with E-state index in [0.717, 1.165) is 47.6 Å². The fourth-order valence-corrected chi connectivity index (χ4v) is 6.74. The molecule has 8 nitrogen and oxygen atoms in total. The third-order valence-electron chi connectivity index (χ3n) is 6.95. The standard InChI is InChI=1S/C23H29N5O3S/c1-3-15-12-28(19-6-4-5-7-19)21-20(27(2)22(15)29)11-24-23(26-21)25-18-9-8-16-13-32(30,31)14-17(16)10-18/h8-11,15,19H,3-7,12-14H2,1-2H3,(H,24,25,26). The average Bonchev–Trinajstić information content (AvgIpc) is 3.37. The lowest BCUT2D eigenvalue weighted by Crippen LogP contribution is -2.39. The summed E-state index contributed by atoms with van der Waals surface area (Å²) in [6.45, 7) is 2.73. The maximum Gasteiger partial charge on any atom is 0.231 e. The van der Waals surface area contributed by atoms with Crippen LogP contribution in [0.25, 0.3) is 0 Å². The van der Waals surface area contributed by atoms with Crippen molar-refractivity contribution in [2.45, 2.75) is 56.6 Å². The third kappa shape index (κ3) is 3.83. The average molecular weight is 456 g/mol. The Morgan fingerprint density at radius 3 is 2.66 bits per heavy atom. The van der Waals surface area contributed by atoms with Crippen molar-refractivity contribution in [1.29, 1.82) is 0 Å². The Kier molecular flexibility index (Phi) is 5.31. The van der Waals surface area contributed by atoms with E-state index in [1.807, 2.05) is 18.2 Å². The van der Waals surface area contributed by atoms with E-state index in [4.69, 9.17) is 4.98 Å². The highest BCUT2D eigenvalue weighted by molar-refractivity contribution is 7.90. The Balaban J connectivity index is 1.49. The third-order valence-corrected chi connectivity index (χ3v) is 8.45. The predicted molar refractivity (Wildman–Crippen MR) is 125 cm³/mol. The van der Waals surface area contributed by atoms with Gasteiger partial charge in [0.2, 0.25) is 11.9 Å². The highest BCUT2D eigenvalue weighted by Gasteiger charge is 2.36. The Morgan fingerprint density at radius 1 is 1.16 bits per heavy atom. The highest BCUT2D eigenvalue weighted by atomic mass is 32.2. The molecule has 1 aromatic heterocycles. The van der Waals surface area contributed by atoms with E-state index in [1.165, 1.54) is 12.8 Å². The number of hydrogen-bond donors (Lipinski definition) is 1. The van der Waals surface area contributed by atoms with Crippen molar-refractivity contribution in [3.63, 3.8) is 0 Å². The molecule has 3 heterocycles. The van der Waals surface area contributed by atoms with E-state index in [-0.39, 0.29) is 23.3 Å². The smallest absolute Gasteiger partial charge is 0.231 e. The summed E-state index contributed by atoms with van der Waals surface area (Å²) < 4.78 is 23.9. The number of amides is 1. The molecule has 2 aromatic rings. The van der Waals surface area contributed by atoms with Crippen LogP contribution in [-0.4, -0.2) is 43.9 Å². The van der Waals surface area contributed by atoms with E-state index >= 15 is 0 Å². The Bertz CT molecular complexity index is 1160. The van der Waals surface area contributed by atoms with Crippen molar-refractivity contribution in [2.24, 2.45) is 5.92 Å². The number of sulfone groups is 1. The number of hydrogen-bond acceptors (Lipinski definition) is 7. The molecule has 1 unspecified atom stereocenters. The summed E-state index contributed by atoms with van der Waals surface area (Å²) in [7, 11) is -1.25. The Labute approximate surface area is 189 Å². The molecule has 1 atom stereocenters. The highest BCUT2D eigenvalue weighted by Crippen LogP contribution is 2.38. The molecule has 1 N–H and O–H groups in total. The van der Waals surface area contributed by atoms with Gasteiger partial charge in [0, 0.05) is 25.3 Å². The second-order valence-electron chi connectivity index (χ2n) is 9.14. The number of carbonyl (C=O) groups is 1. The van der Waals surface area contributed by atoms with Crippen LogP contribution in [-0.2, 0) is 26.1 Å². The first-order valence-electron chi connectivity index (χ1n) is 11.3. The zero-order valence-electron chi connectivity index (χ0n) is 18.5. The second kappa shape index (κ2) is 8.03. The molecule has 1 aromatic carbocycles. The lowest BCUT2D eigenvalue weighted by Gasteiger charge is -2.31. The molecule has 2 aliphatic heterocycles. The van der Waals surface area contributed by atoms with Crippen molar-refractivity contribution in [2.75, 3.05) is 28.7 Å². The number of benzene rings is 1. The number of carbonyl (C=O) groups excluding carboxylic acids is 1. The van der Waals surface area contributed by atoms with Gasteiger partial charge in [0.25, 0.3) is 0 Å². The number of aromatic nitrogens is 2. The van der Waals surface area contributed by atoms with Crippen molar-refractivity contribution < 1.29 is 13.2 Å². The minimum absolute atomic E-state index is 0.0649. The topological polar surface area (TPSA) is 95.5 Å². The minimum Gasteiger partial charge on any atom is -0.351 e. The lowest BCUT2D eigenvalue weighted by molar-refractivity contribution is -0.121. The van der Waals surface area contributed by atoms with E-state index in [2.05, 4.69) is 22.1 Å². The van der Waals surface area contributed by atoms with Crippen LogP contribution in [0.3, 0.4) is 0 Å². The maximum absolute atomic E-state index is 13.0. The molecule has 170 valence electrons. The van der Waals surface area contributed by atoms with Crippen LogP contribution in [0.4, 0.5) is 23.1 Å². The molecule has 1 aliphatic carbocycles. The summed E-state index contributed by atoms with van der Waals surface area (Å²) in [5, 5.41) is 3.25. The van der Waals surface area contributed by atoms with E-state index < -0.39 is 9.84 Å². The van der Waals surface area contributed by atoms with E-state index in [1.54, 1.807) is 18.1 Å². The molecule has 5 rings (SSSR count). The van der Waals surface area contributed by atoms with Crippen LogP contribution in [0.1, 0.15) is 50.2 Å². The van der Waals surface area contributed by atoms with Crippen LogP contribution in [0.5, 0.6) is 0 Å². The molecule has 1 amide bonds. The first kappa shape index (κ1) is 21.2. The minimum atomic E-state index is -3.05. The monoisotopic (exact) mass is 455 g/mol. The van der Waals surface area contributed by atoms with Crippen LogP contribution in [0.15, 0.2) is 24.4 Å². The first-order chi connectivity index (χ1) is 15.3. The normalized spacial score (nSPS) is 22.6. The number of fused-ring (bicyclic) bond motifs is 2. The predicted octanol–water partition coefficient (Wildman–Crippen LogP) is 3.40. The Morgan fingerprint density at radius 2 is 1.91 bits per heavy atom. The van der Waals surface area contributed by atoms with Gasteiger partial charge in [0.1, 0.15) is 5.69 Å². The SMILES string of the molecule is CCC1CN(C2CCCC2)c2nc(Nc3ccc4c(c3)CS(=O)(=O)C4)ncc2N(C)C1=O. The maximum atomic E-state index is 13.0. The number of nitrogens with zero attached hydrogens (tertiary/aromatic N) is 4. The molecule has 0 saturated heterocycles. The van der Waals surface area contributed by atoms with Crippen LogP contribution in [0, 0.1) is 5.92 Å². The van der Waals surface area contributed by atoms with Crippen molar-refractivity contribution in [3.8, 4) is 0 Å². The molecule has 9 heteroatoms. The van der Waals surface area contributed by atoms with E-state index in [9.17, 15) is 13.2 Å². The zero-order chi connectivity index (χ0) is 22.5. The van der Waals surface area contributed by atoms with Gasteiger partial charge in [-0.05, 0) is 42.5 Å². The van der Waals surface area contributed by atoms with Gasteiger partial charge in [0.15, 0.2) is 15.7 Å². The quantitative estimate of drug-likeness (QED) is 0.755. The number of anilines is 4. The van der Waals surface area contributed by atoms with Crippen molar-refractivity contribution in [1.82, 2.24) is 9.97 Å². The molecule has 0 bridgehead atoms. The molecular formula is C23H29N5O3S. The second-order valence-corrected chi connectivity index (χ2v) is 11.2. The summed E-state index contributed by atoms with van der Waals surface area (Å²) in [6.07, 6.45) is 7.13. The van der Waals surface area contributed by atoms with Crippen molar-refractivity contribution in [3.05, 3.63) is 35.5 Å².